The first-order valence-electron chi connectivity index (χ1n) is 10.6. The molecule has 0 saturated heterocycles. The van der Waals surface area contributed by atoms with Gasteiger partial charge in [0.05, 0.1) is 5.75 Å². The van der Waals surface area contributed by atoms with Gasteiger partial charge in [0.15, 0.2) is 11.0 Å². The lowest BCUT2D eigenvalue weighted by molar-refractivity contribution is -0.118. The molecule has 2 atom stereocenters. The highest BCUT2D eigenvalue weighted by Crippen LogP contribution is 2.38. The molecule has 3 aromatic rings. The number of hydrogen-bond donors (Lipinski definition) is 1. The van der Waals surface area contributed by atoms with Crippen LogP contribution >= 0.6 is 23.4 Å². The highest BCUT2D eigenvalue weighted by atomic mass is 35.5. The molecule has 4 rings (SSSR count). The van der Waals surface area contributed by atoms with Crippen molar-refractivity contribution in [3.8, 4) is 11.4 Å². The number of pyridine rings is 1. The quantitative estimate of drug-likeness (QED) is 0.498. The van der Waals surface area contributed by atoms with Gasteiger partial charge in [-0.05, 0) is 48.6 Å². The average molecular weight is 456 g/mol. The molecule has 0 unspecified atom stereocenters. The number of nitrogens with zero attached hydrogens (tertiary/aromatic N) is 4. The summed E-state index contributed by atoms with van der Waals surface area (Å²) < 4.78 is 2.23. The lowest BCUT2D eigenvalue weighted by Gasteiger charge is -2.31. The summed E-state index contributed by atoms with van der Waals surface area (Å²) in [4.78, 5) is 16.7. The molecule has 1 amide bonds. The zero-order valence-electron chi connectivity index (χ0n) is 17.5. The number of nitrogens with one attached hydrogen (secondary N) is 1. The predicted molar refractivity (Wildman–Crippen MR) is 124 cm³/mol. The standard InChI is InChI=1S/C23H26ClN5OS/c1-16-5-2-3-7-20(16)29-22(18-6-4-12-25-14-18)27-28-23(29)31-15-21(30)26-13-17-8-10-19(24)11-9-17/h4,6,8-12,14,16,20H,2-3,5,7,13,15H2,1H3,(H,26,30)/t16-,20-/m0/s1. The van der Waals surface area contributed by atoms with Crippen LogP contribution in [0.5, 0.6) is 0 Å². The molecule has 0 aliphatic heterocycles. The average Bonchev–Trinajstić information content (AvgIpc) is 3.22. The Morgan fingerprint density at radius 1 is 1.19 bits per heavy atom. The number of benzene rings is 1. The van der Waals surface area contributed by atoms with Crippen LogP contribution in [-0.4, -0.2) is 31.4 Å². The van der Waals surface area contributed by atoms with Crippen LogP contribution in [0, 0.1) is 5.92 Å². The van der Waals surface area contributed by atoms with Crippen LogP contribution in [0.4, 0.5) is 0 Å². The molecule has 1 aromatic carbocycles. The second-order valence-corrected chi connectivity index (χ2v) is 9.32. The second kappa shape index (κ2) is 10.3. The second-order valence-electron chi connectivity index (χ2n) is 7.94. The van der Waals surface area contributed by atoms with Crippen molar-refractivity contribution in [2.45, 2.75) is 50.4 Å². The van der Waals surface area contributed by atoms with E-state index >= 15 is 0 Å². The Labute approximate surface area is 191 Å². The molecule has 0 bridgehead atoms. The van der Waals surface area contributed by atoms with Gasteiger partial charge in [-0.2, -0.15) is 0 Å². The van der Waals surface area contributed by atoms with E-state index in [1.807, 2.05) is 42.6 Å². The zero-order chi connectivity index (χ0) is 21.6. The molecule has 1 fully saturated rings. The fourth-order valence-corrected chi connectivity index (χ4v) is 4.98. The van der Waals surface area contributed by atoms with Gasteiger partial charge in [0, 0.05) is 35.6 Å². The van der Waals surface area contributed by atoms with Crippen molar-refractivity contribution in [3.63, 3.8) is 0 Å². The molecule has 0 radical (unpaired) electrons. The molecule has 1 aliphatic carbocycles. The lowest BCUT2D eigenvalue weighted by atomic mass is 9.85. The summed E-state index contributed by atoms with van der Waals surface area (Å²) in [5, 5.41) is 13.4. The summed E-state index contributed by atoms with van der Waals surface area (Å²) in [6.45, 7) is 2.77. The summed E-state index contributed by atoms with van der Waals surface area (Å²) in [7, 11) is 0. The molecule has 1 N–H and O–H groups in total. The third-order valence-corrected chi connectivity index (χ3v) is 6.91. The van der Waals surface area contributed by atoms with Crippen molar-refractivity contribution < 1.29 is 4.79 Å². The van der Waals surface area contributed by atoms with Crippen molar-refractivity contribution in [2.24, 2.45) is 5.92 Å². The Balaban J connectivity index is 1.47. The summed E-state index contributed by atoms with van der Waals surface area (Å²) in [6, 6.07) is 11.7. The molecule has 8 heteroatoms. The SMILES string of the molecule is C[C@H]1CCCC[C@@H]1n1c(SCC(=O)NCc2ccc(Cl)cc2)nnc1-c1cccnc1. The minimum Gasteiger partial charge on any atom is -0.351 e. The number of aromatic nitrogens is 4. The third-order valence-electron chi connectivity index (χ3n) is 5.72. The highest BCUT2D eigenvalue weighted by molar-refractivity contribution is 7.99. The zero-order valence-corrected chi connectivity index (χ0v) is 19.1. The van der Waals surface area contributed by atoms with E-state index in [1.54, 1.807) is 6.20 Å². The number of carbonyl (C=O) groups excluding carboxylic acids is 1. The van der Waals surface area contributed by atoms with E-state index in [0.717, 1.165) is 28.5 Å². The Kier molecular flexibility index (Phi) is 7.25. The number of halogens is 1. The van der Waals surface area contributed by atoms with Crippen molar-refractivity contribution in [3.05, 3.63) is 59.4 Å². The molecule has 0 spiro atoms. The van der Waals surface area contributed by atoms with Gasteiger partial charge < -0.3 is 5.32 Å². The summed E-state index contributed by atoms with van der Waals surface area (Å²) in [6.07, 6.45) is 8.34. The van der Waals surface area contributed by atoms with Crippen molar-refractivity contribution in [2.75, 3.05) is 5.75 Å². The minimum absolute atomic E-state index is 0.0332. The van der Waals surface area contributed by atoms with E-state index in [2.05, 4.69) is 32.0 Å². The minimum atomic E-state index is -0.0332. The van der Waals surface area contributed by atoms with Gasteiger partial charge in [-0.3, -0.25) is 14.3 Å². The molecule has 162 valence electrons. The van der Waals surface area contributed by atoms with E-state index in [0.29, 0.717) is 29.3 Å². The van der Waals surface area contributed by atoms with Gasteiger partial charge in [0.25, 0.3) is 0 Å². The van der Waals surface area contributed by atoms with Gasteiger partial charge in [0.1, 0.15) is 0 Å². The van der Waals surface area contributed by atoms with Gasteiger partial charge in [0.2, 0.25) is 5.91 Å². The van der Waals surface area contributed by atoms with Crippen LogP contribution in [0.15, 0.2) is 53.9 Å². The molecule has 2 aromatic heterocycles. The number of rotatable bonds is 7. The fraction of sp³-hybridized carbons (Fsp3) is 0.391. The topological polar surface area (TPSA) is 72.7 Å². The maximum Gasteiger partial charge on any atom is 0.230 e. The fourth-order valence-electron chi connectivity index (χ4n) is 4.03. The van der Waals surface area contributed by atoms with Crippen LogP contribution in [0.25, 0.3) is 11.4 Å². The smallest absolute Gasteiger partial charge is 0.230 e. The van der Waals surface area contributed by atoms with Crippen molar-refractivity contribution >= 4 is 29.3 Å². The van der Waals surface area contributed by atoms with Gasteiger partial charge in [-0.1, -0.05) is 55.3 Å². The summed E-state index contributed by atoms with van der Waals surface area (Å²) in [5.41, 5.74) is 1.97. The first kappa shape index (κ1) is 21.8. The maximum absolute atomic E-state index is 12.5. The van der Waals surface area contributed by atoms with Crippen LogP contribution in [0.1, 0.15) is 44.2 Å². The van der Waals surface area contributed by atoms with Crippen LogP contribution in [0.3, 0.4) is 0 Å². The molecule has 31 heavy (non-hydrogen) atoms. The molecule has 1 aliphatic rings. The predicted octanol–water partition coefficient (Wildman–Crippen LogP) is 5.15. The van der Waals surface area contributed by atoms with E-state index in [-0.39, 0.29) is 5.91 Å². The number of amides is 1. The van der Waals surface area contributed by atoms with Crippen LogP contribution in [0.2, 0.25) is 5.02 Å². The van der Waals surface area contributed by atoms with Crippen LogP contribution < -0.4 is 5.32 Å². The van der Waals surface area contributed by atoms with Gasteiger partial charge in [-0.15, -0.1) is 10.2 Å². The first-order valence-corrected chi connectivity index (χ1v) is 12.0. The largest absolute Gasteiger partial charge is 0.351 e. The monoisotopic (exact) mass is 455 g/mol. The van der Waals surface area contributed by atoms with Gasteiger partial charge >= 0.3 is 0 Å². The molecular formula is C23H26ClN5OS. The molecule has 1 saturated carbocycles. The summed E-state index contributed by atoms with van der Waals surface area (Å²) in [5.74, 6) is 1.63. The normalized spacial score (nSPS) is 18.6. The Morgan fingerprint density at radius 2 is 2.00 bits per heavy atom. The molecule has 6 nitrogen and oxygen atoms in total. The van der Waals surface area contributed by atoms with Crippen molar-refractivity contribution in [1.29, 1.82) is 0 Å². The van der Waals surface area contributed by atoms with Gasteiger partial charge in [-0.25, -0.2) is 0 Å². The first-order chi connectivity index (χ1) is 15.1. The molecule has 2 heterocycles. The van der Waals surface area contributed by atoms with E-state index in [1.165, 1.54) is 31.0 Å². The lowest BCUT2D eigenvalue weighted by Crippen LogP contribution is -2.25. The van der Waals surface area contributed by atoms with E-state index in [9.17, 15) is 4.79 Å². The van der Waals surface area contributed by atoms with Crippen LogP contribution in [-0.2, 0) is 11.3 Å². The van der Waals surface area contributed by atoms with E-state index in [4.69, 9.17) is 11.6 Å². The number of hydrogen-bond acceptors (Lipinski definition) is 5. The Bertz CT molecular complexity index is 1010. The summed E-state index contributed by atoms with van der Waals surface area (Å²) >= 11 is 7.36. The number of thioether (sulfide) groups is 1. The van der Waals surface area contributed by atoms with Crippen molar-refractivity contribution in [1.82, 2.24) is 25.1 Å². The van der Waals surface area contributed by atoms with E-state index < -0.39 is 0 Å². The third kappa shape index (κ3) is 5.46. The Morgan fingerprint density at radius 3 is 2.74 bits per heavy atom. The highest BCUT2D eigenvalue weighted by Gasteiger charge is 2.29. The Hall–Kier alpha value is -2.38. The maximum atomic E-state index is 12.5. The number of carbonyl (C=O) groups is 1. The molecular weight excluding hydrogens is 430 g/mol.